The van der Waals surface area contributed by atoms with Gasteiger partial charge in [-0.05, 0) is 38.8 Å². The van der Waals surface area contributed by atoms with Crippen molar-refractivity contribution in [1.29, 1.82) is 0 Å². The molecule has 0 radical (unpaired) electrons. The minimum absolute atomic E-state index is 0. The maximum atomic E-state index is 6.46. The molecule has 1 aromatic carbocycles. The van der Waals surface area contributed by atoms with Crippen LogP contribution in [0.4, 0.5) is 0 Å². The second kappa shape index (κ2) is 8.04. The first-order valence-electron chi connectivity index (χ1n) is 8.84. The summed E-state index contributed by atoms with van der Waals surface area (Å²) in [7, 11) is 0. The largest absolute Gasteiger partial charge is 0.361 e. The van der Waals surface area contributed by atoms with Crippen molar-refractivity contribution in [1.82, 2.24) is 15.3 Å². The highest BCUT2D eigenvalue weighted by Crippen LogP contribution is 2.37. The lowest BCUT2D eigenvalue weighted by molar-refractivity contribution is 0.372. The topological polar surface area (TPSA) is 91.0 Å². The Morgan fingerprint density at radius 2 is 1.85 bits per heavy atom. The Hall–Kier alpha value is -1.83. The summed E-state index contributed by atoms with van der Waals surface area (Å²) in [6.07, 6.45) is 4.05. The van der Waals surface area contributed by atoms with Gasteiger partial charge in [0.05, 0.1) is 16.8 Å². The molecule has 144 valence electrons. The predicted octanol–water partition coefficient (Wildman–Crippen LogP) is 4.78. The summed E-state index contributed by atoms with van der Waals surface area (Å²) in [5, 5.41) is 8.20. The Balaban J connectivity index is 0.00000210. The summed E-state index contributed by atoms with van der Waals surface area (Å²) in [4.78, 5) is 5.71. The molecule has 2 heterocycles. The molecular weight excluding hydrogens is 384 g/mol. The van der Waals surface area contributed by atoms with Gasteiger partial charge < -0.3 is 14.8 Å². The van der Waals surface area contributed by atoms with Gasteiger partial charge in [-0.1, -0.05) is 35.3 Å². The molecule has 0 saturated heterocycles. The lowest BCUT2D eigenvalue weighted by Gasteiger charge is -2.17. The monoisotopic (exact) mass is 406 g/mol. The maximum absolute atomic E-state index is 6.46. The molecule has 2 N–H and O–H groups in total. The molecule has 0 amide bonds. The lowest BCUT2D eigenvalue weighted by atomic mass is 9.99. The minimum atomic E-state index is -0.444. The van der Waals surface area contributed by atoms with Crippen LogP contribution in [0.2, 0.25) is 0 Å². The fraction of sp³-hybridized carbons (Fsp3) is 0.421. The molecule has 1 saturated carbocycles. The minimum Gasteiger partial charge on any atom is -0.361 e. The number of nitrogens with two attached hydrogens (primary N) is 1. The van der Waals surface area contributed by atoms with Gasteiger partial charge in [-0.2, -0.15) is 4.98 Å². The number of hydrogen-bond acceptors (Lipinski definition) is 7. The standard InChI is InChI=1S/C19H22N4O2S.ClH/c1-12-15(13(2)24-22-12)11-26-16-8-4-3-7-14(16)17-21-18(23-25-17)19(20)9-5-6-10-19;/h3-4,7-8H,5-6,9-11,20H2,1-2H3;1H. The summed E-state index contributed by atoms with van der Waals surface area (Å²) in [6.45, 7) is 3.90. The molecule has 4 rings (SSSR count). The molecule has 1 fully saturated rings. The van der Waals surface area contributed by atoms with Crippen molar-refractivity contribution in [3.8, 4) is 11.5 Å². The quantitative estimate of drug-likeness (QED) is 0.609. The summed E-state index contributed by atoms with van der Waals surface area (Å²) in [5.41, 5.74) is 9.01. The molecule has 1 aliphatic carbocycles. The molecule has 27 heavy (non-hydrogen) atoms. The Kier molecular flexibility index (Phi) is 5.93. The second-order valence-corrected chi connectivity index (χ2v) is 7.89. The van der Waals surface area contributed by atoms with Crippen molar-refractivity contribution in [3.05, 3.63) is 47.1 Å². The smallest absolute Gasteiger partial charge is 0.259 e. The van der Waals surface area contributed by atoms with E-state index in [2.05, 4.69) is 21.4 Å². The number of nitrogens with zero attached hydrogens (tertiary/aromatic N) is 3. The van der Waals surface area contributed by atoms with Gasteiger partial charge >= 0.3 is 0 Å². The number of halogens is 1. The van der Waals surface area contributed by atoms with E-state index in [4.69, 9.17) is 14.8 Å². The van der Waals surface area contributed by atoms with Crippen LogP contribution in [-0.2, 0) is 11.3 Å². The van der Waals surface area contributed by atoms with E-state index in [1.54, 1.807) is 11.8 Å². The number of hydrogen-bond donors (Lipinski definition) is 1. The molecule has 0 bridgehead atoms. The summed E-state index contributed by atoms with van der Waals surface area (Å²) in [5.74, 6) is 2.79. The highest BCUT2D eigenvalue weighted by molar-refractivity contribution is 7.98. The van der Waals surface area contributed by atoms with E-state index in [0.29, 0.717) is 11.7 Å². The Bertz CT molecular complexity index is 899. The van der Waals surface area contributed by atoms with Crippen LogP contribution < -0.4 is 5.73 Å². The van der Waals surface area contributed by atoms with E-state index < -0.39 is 5.54 Å². The van der Waals surface area contributed by atoms with E-state index in [0.717, 1.165) is 58.9 Å². The third kappa shape index (κ3) is 3.90. The van der Waals surface area contributed by atoms with Crippen LogP contribution in [0, 0.1) is 13.8 Å². The fourth-order valence-electron chi connectivity index (χ4n) is 3.39. The van der Waals surface area contributed by atoms with E-state index >= 15 is 0 Å². The normalized spacial score (nSPS) is 15.7. The lowest BCUT2D eigenvalue weighted by Crippen LogP contribution is -2.34. The van der Waals surface area contributed by atoms with E-state index in [1.807, 2.05) is 32.0 Å². The zero-order chi connectivity index (χ0) is 18.1. The Morgan fingerprint density at radius 3 is 2.56 bits per heavy atom. The molecule has 8 heteroatoms. The molecular formula is C19H23ClN4O2S. The van der Waals surface area contributed by atoms with Crippen LogP contribution in [0.15, 0.2) is 38.2 Å². The van der Waals surface area contributed by atoms with Gasteiger partial charge in [-0.3, -0.25) is 0 Å². The fourth-order valence-corrected chi connectivity index (χ4v) is 4.59. The average molecular weight is 407 g/mol. The van der Waals surface area contributed by atoms with Gasteiger partial charge in [0.1, 0.15) is 5.76 Å². The van der Waals surface area contributed by atoms with Gasteiger partial charge in [0.25, 0.3) is 5.89 Å². The average Bonchev–Trinajstić information content (AvgIpc) is 3.36. The number of benzene rings is 1. The highest BCUT2D eigenvalue weighted by Gasteiger charge is 2.36. The van der Waals surface area contributed by atoms with Crippen molar-refractivity contribution in [2.24, 2.45) is 5.73 Å². The van der Waals surface area contributed by atoms with Crippen molar-refractivity contribution in [2.45, 2.75) is 55.7 Å². The highest BCUT2D eigenvalue weighted by atomic mass is 35.5. The zero-order valence-corrected chi connectivity index (χ0v) is 17.0. The van der Waals surface area contributed by atoms with Gasteiger partial charge in [-0.15, -0.1) is 24.2 Å². The van der Waals surface area contributed by atoms with Gasteiger partial charge in [0.2, 0.25) is 0 Å². The van der Waals surface area contributed by atoms with E-state index in [1.165, 1.54) is 0 Å². The third-order valence-electron chi connectivity index (χ3n) is 5.04. The second-order valence-electron chi connectivity index (χ2n) is 6.87. The van der Waals surface area contributed by atoms with Gasteiger partial charge in [0, 0.05) is 16.2 Å². The third-order valence-corrected chi connectivity index (χ3v) is 6.14. The first kappa shape index (κ1) is 19.9. The van der Waals surface area contributed by atoms with Crippen molar-refractivity contribution in [2.75, 3.05) is 0 Å². The molecule has 0 spiro atoms. The van der Waals surface area contributed by atoms with Crippen molar-refractivity contribution >= 4 is 24.2 Å². The van der Waals surface area contributed by atoms with Gasteiger partial charge in [0.15, 0.2) is 5.82 Å². The molecule has 2 aromatic heterocycles. The number of aryl methyl sites for hydroxylation is 2. The van der Waals surface area contributed by atoms with Crippen LogP contribution in [-0.4, -0.2) is 15.3 Å². The van der Waals surface area contributed by atoms with Crippen molar-refractivity contribution in [3.63, 3.8) is 0 Å². The summed E-state index contributed by atoms with van der Waals surface area (Å²) < 4.78 is 10.8. The summed E-state index contributed by atoms with van der Waals surface area (Å²) >= 11 is 1.71. The van der Waals surface area contributed by atoms with Crippen LogP contribution in [0.5, 0.6) is 0 Å². The van der Waals surface area contributed by atoms with Crippen LogP contribution in [0.3, 0.4) is 0 Å². The maximum Gasteiger partial charge on any atom is 0.259 e. The Morgan fingerprint density at radius 1 is 1.11 bits per heavy atom. The molecule has 6 nitrogen and oxygen atoms in total. The molecule has 3 aromatic rings. The Labute approximate surface area is 168 Å². The molecule has 0 aliphatic heterocycles. The van der Waals surface area contributed by atoms with E-state index in [-0.39, 0.29) is 12.4 Å². The number of thioether (sulfide) groups is 1. The number of rotatable bonds is 5. The molecule has 0 atom stereocenters. The first-order chi connectivity index (χ1) is 12.6. The SMILES string of the molecule is Cc1noc(C)c1CSc1ccccc1-c1nc(C2(N)CCCC2)no1.Cl. The van der Waals surface area contributed by atoms with Crippen LogP contribution in [0.1, 0.15) is 48.5 Å². The van der Waals surface area contributed by atoms with E-state index in [9.17, 15) is 0 Å². The number of aromatic nitrogens is 3. The van der Waals surface area contributed by atoms with Crippen LogP contribution >= 0.6 is 24.2 Å². The predicted molar refractivity (Wildman–Crippen MR) is 107 cm³/mol. The molecule has 0 unspecified atom stereocenters. The van der Waals surface area contributed by atoms with Crippen molar-refractivity contribution < 1.29 is 9.05 Å². The summed E-state index contributed by atoms with van der Waals surface area (Å²) in [6, 6.07) is 8.06. The van der Waals surface area contributed by atoms with Crippen LogP contribution in [0.25, 0.3) is 11.5 Å². The first-order valence-corrected chi connectivity index (χ1v) is 9.82. The molecule has 1 aliphatic rings. The van der Waals surface area contributed by atoms with Gasteiger partial charge in [-0.25, -0.2) is 0 Å². The zero-order valence-electron chi connectivity index (χ0n) is 15.4.